The molecule has 6 nitrogen and oxygen atoms in total. The van der Waals surface area contributed by atoms with Crippen molar-refractivity contribution in [1.82, 2.24) is 15.1 Å². The normalized spacial score (nSPS) is 25.7. The number of ether oxygens (including phenoxy) is 1. The molecule has 0 spiro atoms. The maximum absolute atomic E-state index is 13.8. The SMILES string of the molecule is Cc1c(-c2cc(F)ccc2Cl)nnc(N[C@@H]2C[C@@H]3CN(CC4CCOCC4)C[C@@H]3C2)c1C#N. The van der Waals surface area contributed by atoms with Gasteiger partial charge in [-0.3, -0.25) is 0 Å². The van der Waals surface area contributed by atoms with Crippen molar-refractivity contribution in [2.45, 2.75) is 38.6 Å². The minimum absolute atomic E-state index is 0.287. The van der Waals surface area contributed by atoms with E-state index in [2.05, 4.69) is 26.5 Å². The van der Waals surface area contributed by atoms with Crippen LogP contribution in [0.3, 0.4) is 0 Å². The van der Waals surface area contributed by atoms with E-state index in [9.17, 15) is 9.65 Å². The van der Waals surface area contributed by atoms with Crippen LogP contribution in [0.1, 0.15) is 36.8 Å². The van der Waals surface area contributed by atoms with Crippen LogP contribution in [0.4, 0.5) is 10.2 Å². The monoisotopic (exact) mass is 469 g/mol. The molecule has 3 atom stereocenters. The number of benzene rings is 1. The van der Waals surface area contributed by atoms with Crippen LogP contribution in [0.15, 0.2) is 18.2 Å². The number of fused-ring (bicyclic) bond motifs is 1. The lowest BCUT2D eigenvalue weighted by atomic mass is 10.00. The number of nitriles is 1. The Balaban J connectivity index is 1.25. The van der Waals surface area contributed by atoms with Crippen molar-refractivity contribution in [2.75, 3.05) is 38.2 Å². The fourth-order valence-corrected chi connectivity index (χ4v) is 6.05. The molecule has 3 heterocycles. The maximum atomic E-state index is 13.8. The number of rotatable bonds is 5. The summed E-state index contributed by atoms with van der Waals surface area (Å²) in [6, 6.07) is 6.68. The topological polar surface area (TPSA) is 74.1 Å². The van der Waals surface area contributed by atoms with Crippen LogP contribution in [-0.4, -0.2) is 54.0 Å². The van der Waals surface area contributed by atoms with Crippen molar-refractivity contribution in [2.24, 2.45) is 17.8 Å². The fourth-order valence-electron chi connectivity index (χ4n) is 5.85. The molecule has 3 aliphatic rings. The highest BCUT2D eigenvalue weighted by Crippen LogP contribution is 2.40. The highest BCUT2D eigenvalue weighted by atomic mass is 35.5. The van der Waals surface area contributed by atoms with E-state index in [1.54, 1.807) is 0 Å². The minimum atomic E-state index is -0.403. The van der Waals surface area contributed by atoms with E-state index in [0.29, 0.717) is 45.1 Å². The van der Waals surface area contributed by atoms with Gasteiger partial charge in [-0.1, -0.05) is 11.6 Å². The molecule has 2 aliphatic heterocycles. The molecule has 1 aliphatic carbocycles. The number of halogens is 2. The summed E-state index contributed by atoms with van der Waals surface area (Å²) in [6.45, 7) is 7.14. The number of nitrogens with one attached hydrogen (secondary N) is 1. The average molecular weight is 470 g/mol. The Morgan fingerprint density at radius 2 is 1.94 bits per heavy atom. The number of hydrogen-bond acceptors (Lipinski definition) is 6. The first kappa shape index (κ1) is 22.5. The number of hydrogen-bond donors (Lipinski definition) is 1. The summed E-state index contributed by atoms with van der Waals surface area (Å²) in [5, 5.41) is 22.4. The van der Waals surface area contributed by atoms with Crippen molar-refractivity contribution in [3.63, 3.8) is 0 Å². The van der Waals surface area contributed by atoms with Gasteiger partial charge in [-0.2, -0.15) is 5.26 Å². The molecule has 0 bridgehead atoms. The number of nitrogens with zero attached hydrogens (tertiary/aromatic N) is 4. The zero-order chi connectivity index (χ0) is 22.9. The first-order valence-electron chi connectivity index (χ1n) is 11.8. The van der Waals surface area contributed by atoms with E-state index < -0.39 is 5.82 Å². The fraction of sp³-hybridized carbons (Fsp3) is 0.560. The second-order valence-electron chi connectivity index (χ2n) is 9.74. The molecule has 0 amide bonds. The number of anilines is 1. The third-order valence-corrected chi connectivity index (χ3v) is 7.87. The van der Waals surface area contributed by atoms with Crippen LogP contribution in [0, 0.1) is 41.8 Å². The van der Waals surface area contributed by atoms with Crippen molar-refractivity contribution in [3.05, 3.63) is 40.2 Å². The van der Waals surface area contributed by atoms with E-state index in [1.807, 2.05) is 6.92 Å². The van der Waals surface area contributed by atoms with Gasteiger partial charge in [0.05, 0.1) is 10.7 Å². The zero-order valence-electron chi connectivity index (χ0n) is 18.9. The summed E-state index contributed by atoms with van der Waals surface area (Å²) in [5.74, 6) is 2.25. The first-order valence-corrected chi connectivity index (χ1v) is 12.2. The third-order valence-electron chi connectivity index (χ3n) is 7.54. The standard InChI is InChI=1S/C25H29ClFN5O/c1-15-22(11-28)25(31-30-24(15)21-10-19(27)2-3-23(21)26)29-20-8-17-13-32(14-18(17)9-20)12-16-4-6-33-7-5-16/h2-3,10,16-18,20H,4-9,12-14H2,1H3,(H,29,31)/t17-,18+,20-. The van der Waals surface area contributed by atoms with Gasteiger partial charge in [-0.25, -0.2) is 4.39 Å². The molecule has 1 aromatic carbocycles. The molecule has 0 unspecified atom stereocenters. The predicted molar refractivity (Wildman–Crippen MR) is 125 cm³/mol. The molecule has 2 saturated heterocycles. The highest BCUT2D eigenvalue weighted by molar-refractivity contribution is 6.33. The quantitative estimate of drug-likeness (QED) is 0.686. The molecule has 1 N–H and O–H groups in total. The molecule has 8 heteroatoms. The Bertz CT molecular complexity index is 1050. The minimum Gasteiger partial charge on any atom is -0.381 e. The zero-order valence-corrected chi connectivity index (χ0v) is 19.6. The molecule has 5 rings (SSSR count). The molecule has 33 heavy (non-hydrogen) atoms. The summed E-state index contributed by atoms with van der Waals surface area (Å²) < 4.78 is 19.3. The third kappa shape index (κ3) is 4.70. The summed E-state index contributed by atoms with van der Waals surface area (Å²) in [5.41, 5.74) is 1.99. The van der Waals surface area contributed by atoms with Crippen LogP contribution in [0.25, 0.3) is 11.3 Å². The summed E-state index contributed by atoms with van der Waals surface area (Å²) in [4.78, 5) is 2.64. The van der Waals surface area contributed by atoms with Crippen LogP contribution < -0.4 is 5.32 Å². The Morgan fingerprint density at radius 3 is 2.64 bits per heavy atom. The van der Waals surface area contributed by atoms with Crippen molar-refractivity contribution < 1.29 is 9.13 Å². The Labute approximate surface area is 199 Å². The molecule has 3 fully saturated rings. The smallest absolute Gasteiger partial charge is 0.167 e. The van der Waals surface area contributed by atoms with E-state index in [1.165, 1.54) is 37.6 Å². The highest BCUT2D eigenvalue weighted by Gasteiger charge is 2.41. The predicted octanol–water partition coefficient (Wildman–Crippen LogP) is 4.67. The molecule has 174 valence electrons. The molecular formula is C25H29ClFN5O. The van der Waals surface area contributed by atoms with Crippen LogP contribution in [0.5, 0.6) is 0 Å². The lowest BCUT2D eigenvalue weighted by Gasteiger charge is -2.27. The number of aromatic nitrogens is 2. The Morgan fingerprint density at radius 1 is 1.21 bits per heavy atom. The molecule has 2 aromatic rings. The summed E-state index contributed by atoms with van der Waals surface area (Å²) >= 11 is 6.26. The second kappa shape index (κ2) is 9.54. The lowest BCUT2D eigenvalue weighted by molar-refractivity contribution is 0.0545. The van der Waals surface area contributed by atoms with E-state index >= 15 is 0 Å². The van der Waals surface area contributed by atoms with Crippen molar-refractivity contribution >= 4 is 17.4 Å². The van der Waals surface area contributed by atoms with E-state index in [4.69, 9.17) is 16.3 Å². The van der Waals surface area contributed by atoms with E-state index in [-0.39, 0.29) is 6.04 Å². The van der Waals surface area contributed by atoms with Gasteiger partial charge in [0.25, 0.3) is 0 Å². The molecule has 0 radical (unpaired) electrons. The summed E-state index contributed by atoms with van der Waals surface area (Å²) in [6.07, 6.45) is 4.53. The molecular weight excluding hydrogens is 441 g/mol. The van der Waals surface area contributed by atoms with Gasteiger partial charge in [0.2, 0.25) is 0 Å². The maximum Gasteiger partial charge on any atom is 0.167 e. The van der Waals surface area contributed by atoms with Gasteiger partial charge < -0.3 is 15.0 Å². The van der Waals surface area contributed by atoms with Gasteiger partial charge in [0.15, 0.2) is 5.82 Å². The lowest BCUT2D eigenvalue weighted by Crippen LogP contribution is -2.32. The first-order chi connectivity index (χ1) is 16.0. The molecule has 1 aromatic heterocycles. The van der Waals surface area contributed by atoms with Crippen LogP contribution in [-0.2, 0) is 4.74 Å². The van der Waals surface area contributed by atoms with Crippen LogP contribution in [0.2, 0.25) is 5.02 Å². The largest absolute Gasteiger partial charge is 0.381 e. The van der Waals surface area contributed by atoms with Gasteiger partial charge >= 0.3 is 0 Å². The van der Waals surface area contributed by atoms with E-state index in [0.717, 1.165) is 45.1 Å². The molecule has 1 saturated carbocycles. The van der Waals surface area contributed by atoms with Gasteiger partial charge in [0, 0.05) is 44.5 Å². The average Bonchev–Trinajstić information content (AvgIpc) is 3.34. The Hall–Kier alpha value is -2.27. The van der Waals surface area contributed by atoms with Gasteiger partial charge in [-0.05, 0) is 74.1 Å². The number of likely N-dealkylation sites (tertiary alicyclic amines) is 1. The van der Waals surface area contributed by atoms with Crippen molar-refractivity contribution in [1.29, 1.82) is 5.26 Å². The van der Waals surface area contributed by atoms with Gasteiger partial charge in [0.1, 0.15) is 17.4 Å². The Kier molecular flexibility index (Phi) is 6.51. The summed E-state index contributed by atoms with van der Waals surface area (Å²) in [7, 11) is 0. The van der Waals surface area contributed by atoms with Crippen molar-refractivity contribution in [3.8, 4) is 17.3 Å². The van der Waals surface area contributed by atoms with Gasteiger partial charge in [-0.15, -0.1) is 10.2 Å². The second-order valence-corrected chi connectivity index (χ2v) is 10.1. The van der Waals surface area contributed by atoms with Crippen LogP contribution >= 0.6 is 11.6 Å².